The Kier molecular flexibility index (Phi) is 3.71. The summed E-state index contributed by atoms with van der Waals surface area (Å²) in [6, 6.07) is 0. The van der Waals surface area contributed by atoms with Crippen molar-refractivity contribution in [2.45, 2.75) is 32.1 Å². The number of aldehydes is 1. The Morgan fingerprint density at radius 2 is 2.19 bits per heavy atom. The minimum Gasteiger partial charge on any atom is -0.306 e. The summed E-state index contributed by atoms with van der Waals surface area (Å²) >= 11 is 1.73. The summed E-state index contributed by atoms with van der Waals surface area (Å²) in [7, 11) is 2.17. The maximum atomic E-state index is 10.5. The first-order valence-electron chi connectivity index (χ1n) is 5.79. The molecule has 0 aliphatic carbocycles. The molecule has 88 valence electrons. The van der Waals surface area contributed by atoms with E-state index in [1.165, 1.54) is 17.8 Å². The van der Waals surface area contributed by atoms with Crippen molar-refractivity contribution in [2.75, 3.05) is 20.1 Å². The van der Waals surface area contributed by atoms with Gasteiger partial charge in [-0.15, -0.1) is 11.3 Å². The summed E-state index contributed by atoms with van der Waals surface area (Å²) in [4.78, 5) is 18.7. The summed E-state index contributed by atoms with van der Waals surface area (Å²) in [5.74, 6) is 0.611. The SMILES string of the molecule is Cc1nc(C2CCN(C)CC2)sc1CC=O. The molecule has 2 rings (SSSR count). The molecule has 0 N–H and O–H groups in total. The van der Waals surface area contributed by atoms with E-state index < -0.39 is 0 Å². The van der Waals surface area contributed by atoms with Gasteiger partial charge in [0.25, 0.3) is 0 Å². The molecule has 1 saturated heterocycles. The van der Waals surface area contributed by atoms with Crippen molar-refractivity contribution in [1.29, 1.82) is 0 Å². The van der Waals surface area contributed by atoms with Gasteiger partial charge in [0, 0.05) is 17.2 Å². The van der Waals surface area contributed by atoms with E-state index in [2.05, 4.69) is 16.9 Å². The van der Waals surface area contributed by atoms with Crippen molar-refractivity contribution >= 4 is 17.6 Å². The molecular formula is C12H18N2OS. The fraction of sp³-hybridized carbons (Fsp3) is 0.667. The predicted octanol–water partition coefficient (Wildman–Crippen LogP) is 2.00. The first kappa shape index (κ1) is 11.7. The molecule has 0 spiro atoms. The van der Waals surface area contributed by atoms with Crippen molar-refractivity contribution < 1.29 is 4.79 Å². The van der Waals surface area contributed by atoms with Crippen LogP contribution < -0.4 is 0 Å². The van der Waals surface area contributed by atoms with Crippen molar-refractivity contribution in [3.63, 3.8) is 0 Å². The highest BCUT2D eigenvalue weighted by atomic mass is 32.1. The number of carbonyl (C=O) groups excluding carboxylic acids is 1. The van der Waals surface area contributed by atoms with Crippen LogP contribution in [0.1, 0.15) is 34.3 Å². The van der Waals surface area contributed by atoms with Crippen molar-refractivity contribution in [3.05, 3.63) is 15.6 Å². The zero-order chi connectivity index (χ0) is 11.5. The van der Waals surface area contributed by atoms with Crippen LogP contribution in [0.25, 0.3) is 0 Å². The van der Waals surface area contributed by atoms with Gasteiger partial charge in [0.2, 0.25) is 0 Å². The van der Waals surface area contributed by atoms with E-state index in [1.54, 1.807) is 11.3 Å². The topological polar surface area (TPSA) is 33.2 Å². The molecule has 0 radical (unpaired) electrons. The number of rotatable bonds is 3. The van der Waals surface area contributed by atoms with E-state index in [1.807, 2.05) is 6.92 Å². The Balaban J connectivity index is 2.09. The van der Waals surface area contributed by atoms with E-state index >= 15 is 0 Å². The van der Waals surface area contributed by atoms with Crippen LogP contribution in [0.15, 0.2) is 0 Å². The quantitative estimate of drug-likeness (QED) is 0.755. The first-order valence-corrected chi connectivity index (χ1v) is 6.60. The van der Waals surface area contributed by atoms with Crippen LogP contribution in [0.2, 0.25) is 0 Å². The van der Waals surface area contributed by atoms with E-state index in [-0.39, 0.29) is 0 Å². The zero-order valence-electron chi connectivity index (χ0n) is 9.90. The summed E-state index contributed by atoms with van der Waals surface area (Å²) in [6.07, 6.45) is 3.89. The molecule has 16 heavy (non-hydrogen) atoms. The van der Waals surface area contributed by atoms with Gasteiger partial charge in [0.05, 0.1) is 10.7 Å². The van der Waals surface area contributed by atoms with Crippen LogP contribution >= 0.6 is 11.3 Å². The van der Waals surface area contributed by atoms with Crippen LogP contribution in [-0.2, 0) is 11.2 Å². The molecule has 0 amide bonds. The Bertz CT molecular complexity index is 367. The molecule has 1 aliphatic heterocycles. The van der Waals surface area contributed by atoms with Gasteiger partial charge in [-0.1, -0.05) is 0 Å². The Morgan fingerprint density at radius 3 is 2.81 bits per heavy atom. The Morgan fingerprint density at radius 1 is 1.50 bits per heavy atom. The van der Waals surface area contributed by atoms with Crippen LogP contribution in [0.5, 0.6) is 0 Å². The van der Waals surface area contributed by atoms with Gasteiger partial charge in [-0.3, -0.25) is 0 Å². The van der Waals surface area contributed by atoms with E-state index in [0.29, 0.717) is 12.3 Å². The molecule has 0 unspecified atom stereocenters. The molecule has 0 atom stereocenters. The number of aromatic nitrogens is 1. The van der Waals surface area contributed by atoms with Crippen LogP contribution in [-0.4, -0.2) is 36.3 Å². The van der Waals surface area contributed by atoms with E-state index in [9.17, 15) is 4.79 Å². The molecule has 0 bridgehead atoms. The maximum Gasteiger partial charge on any atom is 0.125 e. The third kappa shape index (κ3) is 2.50. The molecule has 1 aliphatic rings. The average molecular weight is 238 g/mol. The fourth-order valence-corrected chi connectivity index (χ4v) is 3.33. The average Bonchev–Trinajstić information content (AvgIpc) is 2.62. The molecule has 0 aromatic carbocycles. The van der Waals surface area contributed by atoms with E-state index in [4.69, 9.17) is 0 Å². The smallest absolute Gasteiger partial charge is 0.125 e. The molecule has 0 saturated carbocycles. The third-order valence-corrected chi connectivity index (χ3v) is 4.59. The van der Waals surface area contributed by atoms with Gasteiger partial charge in [-0.25, -0.2) is 4.98 Å². The minimum atomic E-state index is 0.524. The lowest BCUT2D eigenvalue weighted by Gasteiger charge is -2.27. The van der Waals surface area contributed by atoms with Gasteiger partial charge in [-0.2, -0.15) is 0 Å². The van der Waals surface area contributed by atoms with Crippen molar-refractivity contribution in [3.8, 4) is 0 Å². The molecule has 1 aromatic rings. The second-order valence-electron chi connectivity index (χ2n) is 4.51. The highest BCUT2D eigenvalue weighted by molar-refractivity contribution is 7.11. The number of piperidine rings is 1. The lowest BCUT2D eigenvalue weighted by atomic mass is 9.98. The summed E-state index contributed by atoms with van der Waals surface area (Å²) < 4.78 is 0. The molecular weight excluding hydrogens is 220 g/mol. The number of aryl methyl sites for hydroxylation is 1. The van der Waals surface area contributed by atoms with Crippen LogP contribution in [0.3, 0.4) is 0 Å². The molecule has 3 nitrogen and oxygen atoms in total. The lowest BCUT2D eigenvalue weighted by molar-refractivity contribution is -0.107. The second kappa shape index (κ2) is 5.06. The number of likely N-dealkylation sites (tertiary alicyclic amines) is 1. The normalized spacial score (nSPS) is 18.9. The fourth-order valence-electron chi connectivity index (χ4n) is 2.15. The van der Waals surface area contributed by atoms with Gasteiger partial charge in [-0.05, 0) is 39.9 Å². The lowest BCUT2D eigenvalue weighted by Crippen LogP contribution is -2.29. The number of carbonyl (C=O) groups is 1. The van der Waals surface area contributed by atoms with Gasteiger partial charge in [0.15, 0.2) is 0 Å². The maximum absolute atomic E-state index is 10.5. The summed E-state index contributed by atoms with van der Waals surface area (Å²) in [5.41, 5.74) is 1.05. The molecule has 1 aromatic heterocycles. The van der Waals surface area contributed by atoms with Crippen LogP contribution in [0.4, 0.5) is 0 Å². The van der Waals surface area contributed by atoms with Crippen molar-refractivity contribution in [2.24, 2.45) is 0 Å². The highest BCUT2D eigenvalue weighted by Crippen LogP contribution is 2.32. The Hall–Kier alpha value is -0.740. The zero-order valence-corrected chi connectivity index (χ0v) is 10.7. The number of thiazole rings is 1. The summed E-state index contributed by atoms with van der Waals surface area (Å²) in [5, 5.41) is 1.24. The largest absolute Gasteiger partial charge is 0.306 e. The summed E-state index contributed by atoms with van der Waals surface area (Å²) in [6.45, 7) is 4.33. The number of nitrogens with zero attached hydrogens (tertiary/aromatic N) is 2. The third-order valence-electron chi connectivity index (χ3n) is 3.25. The van der Waals surface area contributed by atoms with E-state index in [0.717, 1.165) is 29.9 Å². The molecule has 1 fully saturated rings. The van der Waals surface area contributed by atoms with Crippen LogP contribution in [0, 0.1) is 6.92 Å². The Labute approximate surface area is 100 Å². The number of hydrogen-bond donors (Lipinski definition) is 0. The minimum absolute atomic E-state index is 0.524. The van der Waals surface area contributed by atoms with Gasteiger partial charge < -0.3 is 9.69 Å². The van der Waals surface area contributed by atoms with Gasteiger partial charge in [0.1, 0.15) is 6.29 Å². The first-order chi connectivity index (χ1) is 7.70. The second-order valence-corrected chi connectivity index (χ2v) is 5.62. The molecule has 4 heteroatoms. The highest BCUT2D eigenvalue weighted by Gasteiger charge is 2.22. The van der Waals surface area contributed by atoms with Gasteiger partial charge >= 0.3 is 0 Å². The molecule has 2 heterocycles. The van der Waals surface area contributed by atoms with Crippen molar-refractivity contribution in [1.82, 2.24) is 9.88 Å². The predicted molar refractivity (Wildman–Crippen MR) is 66.1 cm³/mol. The number of hydrogen-bond acceptors (Lipinski definition) is 4. The monoisotopic (exact) mass is 238 g/mol. The standard InChI is InChI=1S/C12H18N2OS/c1-9-11(5-8-15)16-12(13-9)10-3-6-14(2)7-4-10/h8,10H,3-7H2,1-2H3.